The Labute approximate surface area is 119 Å². The van der Waals surface area contributed by atoms with Crippen LogP contribution in [0.1, 0.15) is 42.3 Å². The largest absolute Gasteiger partial charge is 0.286 e. The van der Waals surface area contributed by atoms with Crippen molar-refractivity contribution >= 4 is 5.65 Å². The minimum absolute atomic E-state index is 0.374. The highest BCUT2D eigenvalue weighted by Gasteiger charge is 2.09. The van der Waals surface area contributed by atoms with E-state index in [0.29, 0.717) is 5.92 Å². The lowest BCUT2D eigenvalue weighted by Crippen LogP contribution is -1.99. The Morgan fingerprint density at radius 3 is 2.65 bits per heavy atom. The van der Waals surface area contributed by atoms with Gasteiger partial charge in [-0.2, -0.15) is 0 Å². The van der Waals surface area contributed by atoms with E-state index in [9.17, 15) is 0 Å². The molecule has 3 rings (SSSR count). The molecule has 102 valence electrons. The maximum atomic E-state index is 4.27. The number of hydrogen-bond acceptors (Lipinski definition) is 2. The van der Waals surface area contributed by atoms with Gasteiger partial charge in [-0.25, -0.2) is 0 Å². The van der Waals surface area contributed by atoms with E-state index >= 15 is 0 Å². The van der Waals surface area contributed by atoms with Crippen LogP contribution in [0.5, 0.6) is 0 Å². The summed E-state index contributed by atoms with van der Waals surface area (Å²) in [4.78, 5) is 0. The molecule has 0 aliphatic heterocycles. The number of pyridine rings is 1. The van der Waals surface area contributed by atoms with Crippen molar-refractivity contribution in [2.75, 3.05) is 0 Å². The van der Waals surface area contributed by atoms with E-state index in [1.165, 1.54) is 16.7 Å². The maximum Gasteiger partial charge on any atom is 0.160 e. The monoisotopic (exact) mass is 265 g/mol. The first kappa shape index (κ1) is 12.9. The zero-order chi connectivity index (χ0) is 14.1. The van der Waals surface area contributed by atoms with Gasteiger partial charge in [0.25, 0.3) is 0 Å². The minimum atomic E-state index is 0.374. The number of hydrogen-bond donors (Lipinski definition) is 0. The molecule has 3 nitrogen and oxygen atoms in total. The molecule has 20 heavy (non-hydrogen) atoms. The summed E-state index contributed by atoms with van der Waals surface area (Å²) in [5.41, 5.74) is 4.84. The van der Waals surface area contributed by atoms with Crippen molar-refractivity contribution in [2.45, 2.75) is 33.1 Å². The Morgan fingerprint density at radius 1 is 1.05 bits per heavy atom. The van der Waals surface area contributed by atoms with Gasteiger partial charge in [-0.3, -0.25) is 4.40 Å². The summed E-state index contributed by atoms with van der Waals surface area (Å²) in [7, 11) is 0. The van der Waals surface area contributed by atoms with Crippen LogP contribution in [0.2, 0.25) is 0 Å². The van der Waals surface area contributed by atoms with Gasteiger partial charge in [0.2, 0.25) is 0 Å². The molecule has 0 radical (unpaired) electrons. The molecule has 0 aliphatic carbocycles. The smallest absolute Gasteiger partial charge is 0.160 e. The second-order valence-corrected chi connectivity index (χ2v) is 5.64. The first-order valence-corrected chi connectivity index (χ1v) is 7.02. The molecule has 0 N–H and O–H groups in total. The zero-order valence-corrected chi connectivity index (χ0v) is 12.2. The normalized spacial score (nSPS) is 11.4. The lowest BCUT2D eigenvalue weighted by atomic mass is 10.0. The number of rotatable bonds is 3. The molecule has 2 heterocycles. The molecule has 2 aromatic heterocycles. The van der Waals surface area contributed by atoms with Gasteiger partial charge >= 0.3 is 0 Å². The average Bonchev–Trinajstić information content (AvgIpc) is 2.82. The van der Waals surface area contributed by atoms with Crippen molar-refractivity contribution in [3.05, 3.63) is 65.1 Å². The Kier molecular flexibility index (Phi) is 3.26. The van der Waals surface area contributed by atoms with E-state index in [0.717, 1.165) is 17.9 Å². The van der Waals surface area contributed by atoms with E-state index in [1.54, 1.807) is 0 Å². The van der Waals surface area contributed by atoms with Gasteiger partial charge in [-0.05, 0) is 30.5 Å². The molecule has 0 saturated heterocycles. The van der Waals surface area contributed by atoms with E-state index in [4.69, 9.17) is 0 Å². The predicted molar refractivity (Wildman–Crippen MR) is 81.1 cm³/mol. The van der Waals surface area contributed by atoms with Crippen molar-refractivity contribution in [2.24, 2.45) is 0 Å². The van der Waals surface area contributed by atoms with Crippen LogP contribution in [-0.4, -0.2) is 14.6 Å². The van der Waals surface area contributed by atoms with E-state index < -0.39 is 0 Å². The molecular formula is C17H19N3. The number of nitrogens with zero attached hydrogens (tertiary/aromatic N) is 3. The van der Waals surface area contributed by atoms with Crippen molar-refractivity contribution in [1.82, 2.24) is 14.6 Å². The van der Waals surface area contributed by atoms with Gasteiger partial charge in [-0.1, -0.05) is 49.7 Å². The highest BCUT2D eigenvalue weighted by atomic mass is 15.2. The summed E-state index contributed by atoms with van der Waals surface area (Å²) in [6, 6.07) is 12.8. The number of benzene rings is 1. The number of fused-ring (bicyclic) bond motifs is 1. The van der Waals surface area contributed by atoms with E-state index in [2.05, 4.69) is 71.9 Å². The molecule has 0 atom stereocenters. The van der Waals surface area contributed by atoms with Crippen LogP contribution in [0.25, 0.3) is 5.65 Å². The Morgan fingerprint density at radius 2 is 1.90 bits per heavy atom. The molecule has 1 aromatic carbocycles. The summed E-state index contributed by atoms with van der Waals surface area (Å²) in [6.07, 6.45) is 3.10. The predicted octanol–water partition coefficient (Wildman–Crippen LogP) is 3.75. The van der Waals surface area contributed by atoms with Crippen LogP contribution in [-0.2, 0) is 6.42 Å². The summed E-state index contributed by atoms with van der Waals surface area (Å²) in [5, 5.41) is 8.49. The van der Waals surface area contributed by atoms with E-state index in [1.807, 2.05) is 6.07 Å². The third-order valence-electron chi connectivity index (χ3n) is 3.50. The molecule has 0 unspecified atom stereocenters. The second kappa shape index (κ2) is 5.08. The summed E-state index contributed by atoms with van der Waals surface area (Å²) >= 11 is 0. The third-order valence-corrected chi connectivity index (χ3v) is 3.50. The van der Waals surface area contributed by atoms with Gasteiger partial charge in [-0.15, -0.1) is 10.2 Å². The van der Waals surface area contributed by atoms with Gasteiger partial charge in [0.05, 0.1) is 0 Å². The summed E-state index contributed by atoms with van der Waals surface area (Å²) in [5.74, 6) is 1.39. The fourth-order valence-corrected chi connectivity index (χ4v) is 2.51. The SMILES string of the molecule is Cc1cccc(Cc2ccc3nnc(C(C)C)n3c2)c1. The van der Waals surface area contributed by atoms with Gasteiger partial charge < -0.3 is 0 Å². The standard InChI is InChI=1S/C17H19N3/c1-12(2)17-19-18-16-8-7-15(11-20(16)17)10-14-6-4-5-13(3)9-14/h4-9,11-12H,10H2,1-3H3. The van der Waals surface area contributed by atoms with Crippen LogP contribution in [0.4, 0.5) is 0 Å². The van der Waals surface area contributed by atoms with E-state index in [-0.39, 0.29) is 0 Å². The van der Waals surface area contributed by atoms with Crippen LogP contribution < -0.4 is 0 Å². The van der Waals surface area contributed by atoms with Crippen molar-refractivity contribution in [3.8, 4) is 0 Å². The fourth-order valence-electron chi connectivity index (χ4n) is 2.51. The Hall–Kier alpha value is -2.16. The van der Waals surface area contributed by atoms with Gasteiger partial charge in [0, 0.05) is 12.1 Å². The van der Waals surface area contributed by atoms with Crippen molar-refractivity contribution in [3.63, 3.8) is 0 Å². The molecular weight excluding hydrogens is 246 g/mol. The van der Waals surface area contributed by atoms with Crippen molar-refractivity contribution in [1.29, 1.82) is 0 Å². The Balaban J connectivity index is 1.98. The fraction of sp³-hybridized carbons (Fsp3) is 0.294. The topological polar surface area (TPSA) is 30.2 Å². The molecule has 0 saturated carbocycles. The first-order valence-electron chi connectivity index (χ1n) is 7.02. The Bertz CT molecular complexity index is 741. The summed E-state index contributed by atoms with van der Waals surface area (Å²) in [6.45, 7) is 6.41. The number of aromatic nitrogens is 3. The van der Waals surface area contributed by atoms with Crippen LogP contribution in [0, 0.1) is 6.92 Å². The molecule has 0 fully saturated rings. The lowest BCUT2D eigenvalue weighted by Gasteiger charge is -2.06. The highest BCUT2D eigenvalue weighted by Crippen LogP contribution is 2.16. The van der Waals surface area contributed by atoms with Gasteiger partial charge in [0.1, 0.15) is 5.82 Å². The third kappa shape index (κ3) is 2.44. The maximum absolute atomic E-state index is 4.27. The van der Waals surface area contributed by atoms with Crippen LogP contribution >= 0.6 is 0 Å². The van der Waals surface area contributed by atoms with Gasteiger partial charge in [0.15, 0.2) is 5.65 Å². The zero-order valence-electron chi connectivity index (χ0n) is 12.2. The molecule has 3 aromatic rings. The molecule has 0 bridgehead atoms. The highest BCUT2D eigenvalue weighted by molar-refractivity contribution is 5.41. The lowest BCUT2D eigenvalue weighted by molar-refractivity contribution is 0.757. The number of aryl methyl sites for hydroxylation is 1. The van der Waals surface area contributed by atoms with Crippen molar-refractivity contribution < 1.29 is 0 Å². The first-order chi connectivity index (χ1) is 9.63. The molecule has 0 amide bonds. The summed E-state index contributed by atoms with van der Waals surface area (Å²) < 4.78 is 2.11. The molecule has 0 spiro atoms. The quantitative estimate of drug-likeness (QED) is 0.722. The minimum Gasteiger partial charge on any atom is -0.286 e. The molecule has 3 heteroatoms. The van der Waals surface area contributed by atoms with Crippen LogP contribution in [0.3, 0.4) is 0 Å². The average molecular weight is 265 g/mol. The molecule has 0 aliphatic rings. The van der Waals surface area contributed by atoms with Crippen LogP contribution in [0.15, 0.2) is 42.6 Å². The second-order valence-electron chi connectivity index (χ2n) is 5.64.